The number of ether oxygens (including phenoxy) is 1. The van der Waals surface area contributed by atoms with Gasteiger partial charge in [-0.25, -0.2) is 15.0 Å². The van der Waals surface area contributed by atoms with E-state index in [1.54, 1.807) is 36.3 Å². The zero-order chi connectivity index (χ0) is 20.7. The summed E-state index contributed by atoms with van der Waals surface area (Å²) in [7, 11) is 1.58. The van der Waals surface area contributed by atoms with Gasteiger partial charge in [0.05, 0.1) is 37.1 Å². The van der Waals surface area contributed by atoms with Gasteiger partial charge < -0.3 is 4.74 Å². The van der Waals surface area contributed by atoms with Crippen molar-refractivity contribution in [3.63, 3.8) is 0 Å². The Kier molecular flexibility index (Phi) is 4.55. The molecule has 0 unspecified atom stereocenters. The summed E-state index contributed by atoms with van der Waals surface area (Å²) in [5, 5.41) is 0. The first-order valence-corrected chi connectivity index (χ1v) is 10.0. The summed E-state index contributed by atoms with van der Waals surface area (Å²) in [6, 6.07) is 15.3. The minimum atomic E-state index is -0.108. The molecule has 0 fully saturated rings. The van der Waals surface area contributed by atoms with Crippen molar-refractivity contribution in [1.82, 2.24) is 23.9 Å². The van der Waals surface area contributed by atoms with Crippen molar-refractivity contribution in [3.05, 3.63) is 87.5 Å². The number of benzene rings is 2. The zero-order valence-corrected chi connectivity index (χ0v) is 17.6. The van der Waals surface area contributed by atoms with Crippen LogP contribution in [0.1, 0.15) is 5.56 Å². The number of hydrogen-bond donors (Lipinski definition) is 0. The molecule has 7 nitrogen and oxygen atoms in total. The number of fused-ring (bicyclic) bond motifs is 3. The molecule has 0 spiro atoms. The third-order valence-corrected chi connectivity index (χ3v) is 5.39. The Morgan fingerprint density at radius 3 is 2.70 bits per heavy atom. The summed E-state index contributed by atoms with van der Waals surface area (Å²) in [5.74, 6) is 1.80. The van der Waals surface area contributed by atoms with E-state index in [1.807, 2.05) is 46.9 Å². The van der Waals surface area contributed by atoms with Gasteiger partial charge in [0.2, 0.25) is 5.78 Å². The molecule has 0 aliphatic heterocycles. The van der Waals surface area contributed by atoms with Gasteiger partial charge in [0, 0.05) is 22.3 Å². The van der Waals surface area contributed by atoms with Gasteiger partial charge >= 0.3 is 0 Å². The molecule has 3 heterocycles. The van der Waals surface area contributed by atoms with Gasteiger partial charge in [-0.2, -0.15) is 0 Å². The molecular weight excluding hydrogens is 446 g/mol. The molecule has 0 saturated heterocycles. The number of rotatable bonds is 4. The van der Waals surface area contributed by atoms with Gasteiger partial charge in [0.15, 0.2) is 11.6 Å². The van der Waals surface area contributed by atoms with Gasteiger partial charge in [-0.05, 0) is 29.8 Å². The van der Waals surface area contributed by atoms with Crippen molar-refractivity contribution in [2.75, 3.05) is 7.11 Å². The molecule has 3 aromatic heterocycles. The highest BCUT2D eigenvalue weighted by Gasteiger charge is 2.11. The van der Waals surface area contributed by atoms with E-state index in [9.17, 15) is 4.79 Å². The molecule has 148 valence electrons. The molecular formula is C22H16BrN5O2. The third-order valence-electron chi connectivity index (χ3n) is 4.90. The Morgan fingerprint density at radius 2 is 1.90 bits per heavy atom. The van der Waals surface area contributed by atoms with Crippen molar-refractivity contribution < 1.29 is 4.74 Å². The number of aromatic nitrogens is 5. The number of nitrogens with zero attached hydrogens (tertiary/aromatic N) is 5. The molecule has 0 aliphatic carbocycles. The Bertz CT molecular complexity index is 1440. The Balaban J connectivity index is 1.58. The second-order valence-electron chi connectivity index (χ2n) is 6.80. The molecule has 30 heavy (non-hydrogen) atoms. The van der Waals surface area contributed by atoms with Crippen molar-refractivity contribution in [2.45, 2.75) is 6.54 Å². The van der Waals surface area contributed by atoms with Crippen LogP contribution in [0.25, 0.3) is 28.2 Å². The molecule has 0 bridgehead atoms. The lowest BCUT2D eigenvalue weighted by Crippen LogP contribution is -2.22. The molecule has 0 N–H and O–H groups in total. The second-order valence-corrected chi connectivity index (χ2v) is 7.72. The Hall–Kier alpha value is -3.52. The first-order valence-electron chi connectivity index (χ1n) is 9.25. The lowest BCUT2D eigenvalue weighted by molar-refractivity contribution is 0.411. The van der Waals surface area contributed by atoms with Crippen LogP contribution in [0.4, 0.5) is 0 Å². The van der Waals surface area contributed by atoms with E-state index in [1.165, 1.54) is 0 Å². The van der Waals surface area contributed by atoms with Gasteiger partial charge in [-0.15, -0.1) is 0 Å². The summed E-state index contributed by atoms with van der Waals surface area (Å²) in [5.41, 5.74) is 3.48. The lowest BCUT2D eigenvalue weighted by Gasteiger charge is -2.09. The maximum atomic E-state index is 12.7. The zero-order valence-electron chi connectivity index (χ0n) is 16.0. The van der Waals surface area contributed by atoms with Crippen molar-refractivity contribution in [1.29, 1.82) is 0 Å². The molecule has 2 aromatic carbocycles. The predicted molar refractivity (Wildman–Crippen MR) is 118 cm³/mol. The van der Waals surface area contributed by atoms with Crippen LogP contribution in [-0.4, -0.2) is 31.0 Å². The van der Waals surface area contributed by atoms with Gasteiger partial charge in [-0.1, -0.05) is 34.1 Å². The third kappa shape index (κ3) is 3.25. The molecule has 0 amide bonds. The smallest absolute Gasteiger partial charge is 0.255 e. The van der Waals surface area contributed by atoms with E-state index in [-0.39, 0.29) is 5.56 Å². The van der Waals surface area contributed by atoms with Crippen LogP contribution in [-0.2, 0) is 6.54 Å². The summed E-state index contributed by atoms with van der Waals surface area (Å²) >= 11 is 3.50. The van der Waals surface area contributed by atoms with Crippen LogP contribution in [0.3, 0.4) is 0 Å². The SMILES string of the molecule is COc1cnc(-c2cccc(Cn3c(=O)ccn4c5cc(Br)ccc5nc34)c2)nc1. The molecule has 5 aromatic rings. The van der Waals surface area contributed by atoms with Gasteiger partial charge in [0.1, 0.15) is 0 Å². The first-order chi connectivity index (χ1) is 14.6. The van der Waals surface area contributed by atoms with E-state index in [0.717, 1.165) is 26.6 Å². The average Bonchev–Trinajstić information content (AvgIpc) is 3.14. The van der Waals surface area contributed by atoms with Crippen LogP contribution >= 0.6 is 15.9 Å². The van der Waals surface area contributed by atoms with Crippen molar-refractivity contribution in [2.24, 2.45) is 0 Å². The van der Waals surface area contributed by atoms with Crippen LogP contribution in [0, 0.1) is 0 Å². The molecule has 8 heteroatoms. The monoisotopic (exact) mass is 461 g/mol. The maximum Gasteiger partial charge on any atom is 0.255 e. The van der Waals surface area contributed by atoms with Crippen LogP contribution < -0.4 is 10.3 Å². The summed E-state index contributed by atoms with van der Waals surface area (Å²) < 4.78 is 9.68. The van der Waals surface area contributed by atoms with Crippen molar-refractivity contribution >= 4 is 32.7 Å². The van der Waals surface area contributed by atoms with E-state index in [2.05, 4.69) is 30.9 Å². The quantitative estimate of drug-likeness (QED) is 0.405. The van der Waals surface area contributed by atoms with Crippen LogP contribution in [0.2, 0.25) is 0 Å². The Labute approximate surface area is 179 Å². The fourth-order valence-corrected chi connectivity index (χ4v) is 3.78. The number of methoxy groups -OCH3 is 1. The van der Waals surface area contributed by atoms with Crippen LogP contribution in [0.5, 0.6) is 5.75 Å². The average molecular weight is 462 g/mol. The number of imidazole rings is 1. The van der Waals surface area contributed by atoms with E-state index >= 15 is 0 Å². The van der Waals surface area contributed by atoms with Crippen molar-refractivity contribution in [3.8, 4) is 17.1 Å². The summed E-state index contributed by atoms with van der Waals surface area (Å²) in [6.07, 6.45) is 5.03. The Morgan fingerprint density at radius 1 is 1.07 bits per heavy atom. The molecule has 5 rings (SSSR count). The summed E-state index contributed by atoms with van der Waals surface area (Å²) in [6.45, 7) is 0.387. The largest absolute Gasteiger partial charge is 0.494 e. The standard InChI is InChI=1S/C22H16BrN5O2/c1-30-17-11-24-21(25-12-17)15-4-2-3-14(9-15)13-28-20(29)7-8-27-19-10-16(23)5-6-18(19)26-22(27)28/h2-12H,13H2,1H3. The number of hydrogen-bond acceptors (Lipinski definition) is 5. The van der Waals surface area contributed by atoms with E-state index < -0.39 is 0 Å². The molecule has 0 aliphatic rings. The van der Waals surface area contributed by atoms with Crippen LogP contribution in [0.15, 0.2) is 76.4 Å². The van der Waals surface area contributed by atoms with Gasteiger partial charge in [-0.3, -0.25) is 13.8 Å². The fourth-order valence-electron chi connectivity index (χ4n) is 3.43. The van der Waals surface area contributed by atoms with E-state index in [4.69, 9.17) is 4.74 Å². The number of halogens is 1. The van der Waals surface area contributed by atoms with Gasteiger partial charge in [0.25, 0.3) is 5.56 Å². The molecule has 0 atom stereocenters. The fraction of sp³-hybridized carbons (Fsp3) is 0.0909. The molecule has 0 saturated carbocycles. The lowest BCUT2D eigenvalue weighted by atomic mass is 10.1. The topological polar surface area (TPSA) is 74.3 Å². The summed E-state index contributed by atoms with van der Waals surface area (Å²) in [4.78, 5) is 26.0. The highest BCUT2D eigenvalue weighted by molar-refractivity contribution is 9.10. The van der Waals surface area contributed by atoms with E-state index in [0.29, 0.717) is 23.9 Å². The highest BCUT2D eigenvalue weighted by atomic mass is 79.9. The normalized spacial score (nSPS) is 11.3. The predicted octanol–water partition coefficient (Wildman–Crippen LogP) is 3.93. The first kappa shape index (κ1) is 18.5. The molecule has 0 radical (unpaired) electrons. The second kappa shape index (κ2) is 7.38. The highest BCUT2D eigenvalue weighted by Crippen LogP contribution is 2.22. The minimum absolute atomic E-state index is 0.108. The minimum Gasteiger partial charge on any atom is -0.494 e. The maximum absolute atomic E-state index is 12.7.